The van der Waals surface area contributed by atoms with E-state index in [1.165, 1.54) is 24.6 Å². The third kappa shape index (κ3) is 2.37. The summed E-state index contributed by atoms with van der Waals surface area (Å²) in [4.78, 5) is 15.8. The summed E-state index contributed by atoms with van der Waals surface area (Å²) in [7, 11) is 0. The summed E-state index contributed by atoms with van der Waals surface area (Å²) in [6.07, 6.45) is 3.17. The molecular formula is C15H14F2N2O3. The van der Waals surface area contributed by atoms with Gasteiger partial charge in [0, 0.05) is 11.3 Å². The van der Waals surface area contributed by atoms with Gasteiger partial charge in [-0.25, -0.2) is 4.98 Å². The molecule has 0 aliphatic heterocycles. The van der Waals surface area contributed by atoms with Gasteiger partial charge >= 0.3 is 5.92 Å². The maximum absolute atomic E-state index is 14.0. The van der Waals surface area contributed by atoms with Crippen molar-refractivity contribution in [2.45, 2.75) is 30.8 Å². The van der Waals surface area contributed by atoms with Crippen LogP contribution < -0.4 is 5.32 Å². The number of benzene rings is 1. The monoisotopic (exact) mass is 308 g/mol. The lowest BCUT2D eigenvalue weighted by molar-refractivity contribution is -0.212. The fourth-order valence-electron chi connectivity index (χ4n) is 2.34. The van der Waals surface area contributed by atoms with Crippen LogP contribution in [0.5, 0.6) is 0 Å². The first-order chi connectivity index (χ1) is 10.4. The van der Waals surface area contributed by atoms with Gasteiger partial charge in [0.1, 0.15) is 11.9 Å². The first-order valence-electron chi connectivity index (χ1n) is 6.84. The summed E-state index contributed by atoms with van der Waals surface area (Å²) < 4.78 is 33.1. The van der Waals surface area contributed by atoms with E-state index in [0.29, 0.717) is 17.9 Å². The number of carbonyl (C=O) groups excluding carboxylic acids is 1. The van der Waals surface area contributed by atoms with Crippen LogP contribution in [-0.4, -0.2) is 27.5 Å². The Hall–Kier alpha value is -2.28. The third-order valence-corrected chi connectivity index (χ3v) is 3.85. The molecule has 0 bridgehead atoms. The summed E-state index contributed by atoms with van der Waals surface area (Å²) in [5, 5.41) is 11.9. The standard InChI is InChI=1S/C15H14F2N2O3/c16-15(17,14(21)5-2-6-14)13(20)19-11-4-1-3-10(9-11)12-18-7-8-22-12/h1,3-4,7-9,21H,2,5-6H2,(H,19,20). The molecule has 0 unspecified atom stereocenters. The highest BCUT2D eigenvalue weighted by molar-refractivity contribution is 5.97. The van der Waals surface area contributed by atoms with Crippen LogP contribution in [0.25, 0.3) is 11.5 Å². The molecule has 2 N–H and O–H groups in total. The van der Waals surface area contributed by atoms with E-state index in [2.05, 4.69) is 10.3 Å². The third-order valence-electron chi connectivity index (χ3n) is 3.85. The number of nitrogens with one attached hydrogen (secondary N) is 1. The fraction of sp³-hybridized carbons (Fsp3) is 0.333. The molecule has 7 heteroatoms. The smallest absolute Gasteiger partial charge is 0.352 e. The minimum atomic E-state index is -3.83. The molecule has 1 aliphatic rings. The van der Waals surface area contributed by atoms with Crippen LogP contribution in [0, 0.1) is 0 Å². The number of halogens is 2. The van der Waals surface area contributed by atoms with Gasteiger partial charge in [0.05, 0.1) is 6.20 Å². The van der Waals surface area contributed by atoms with Crippen LogP contribution in [0.4, 0.5) is 14.5 Å². The maximum atomic E-state index is 14.0. The normalized spacial score (nSPS) is 16.9. The number of alkyl halides is 2. The van der Waals surface area contributed by atoms with E-state index in [4.69, 9.17) is 4.42 Å². The van der Waals surface area contributed by atoms with Gasteiger partial charge in [0.15, 0.2) is 0 Å². The van der Waals surface area contributed by atoms with Gasteiger partial charge < -0.3 is 14.8 Å². The summed E-state index contributed by atoms with van der Waals surface area (Å²) in [6.45, 7) is 0. The van der Waals surface area contributed by atoms with Crippen LogP contribution in [0.3, 0.4) is 0 Å². The second kappa shape index (κ2) is 5.17. The Labute approximate surface area is 125 Å². The number of aromatic nitrogens is 1. The SMILES string of the molecule is O=C(Nc1cccc(-c2ncco2)c1)C(F)(F)C1(O)CCC1. The predicted octanol–water partition coefficient (Wildman–Crippen LogP) is 2.83. The number of rotatable bonds is 4. The van der Waals surface area contributed by atoms with E-state index < -0.39 is 17.4 Å². The average Bonchev–Trinajstić information content (AvgIpc) is 2.99. The van der Waals surface area contributed by atoms with Crippen molar-refractivity contribution in [3.05, 3.63) is 36.7 Å². The Bertz CT molecular complexity index is 682. The van der Waals surface area contributed by atoms with Gasteiger partial charge in [0.25, 0.3) is 5.91 Å². The van der Waals surface area contributed by atoms with Gasteiger partial charge in [0.2, 0.25) is 5.89 Å². The van der Waals surface area contributed by atoms with E-state index in [0.717, 1.165) is 0 Å². The first kappa shape index (κ1) is 14.6. The fourth-order valence-corrected chi connectivity index (χ4v) is 2.34. The van der Waals surface area contributed by atoms with E-state index in [-0.39, 0.29) is 18.5 Å². The topological polar surface area (TPSA) is 75.4 Å². The molecule has 22 heavy (non-hydrogen) atoms. The molecule has 1 fully saturated rings. The molecule has 1 heterocycles. The van der Waals surface area contributed by atoms with E-state index in [9.17, 15) is 18.7 Å². The average molecular weight is 308 g/mol. The van der Waals surface area contributed by atoms with Crippen LogP contribution >= 0.6 is 0 Å². The molecule has 3 rings (SSSR count). The minimum Gasteiger partial charge on any atom is -0.445 e. The Morgan fingerprint density at radius 1 is 1.41 bits per heavy atom. The molecular weight excluding hydrogens is 294 g/mol. The molecule has 0 saturated heterocycles. The summed E-state index contributed by atoms with van der Waals surface area (Å²) >= 11 is 0. The van der Waals surface area contributed by atoms with Crippen LogP contribution in [0.15, 0.2) is 41.1 Å². The number of oxazole rings is 1. The zero-order valence-electron chi connectivity index (χ0n) is 11.6. The van der Waals surface area contributed by atoms with E-state index in [1.54, 1.807) is 12.1 Å². The molecule has 1 aromatic carbocycles. The highest BCUT2D eigenvalue weighted by Gasteiger charge is 2.61. The molecule has 0 atom stereocenters. The van der Waals surface area contributed by atoms with Gasteiger partial charge in [-0.2, -0.15) is 8.78 Å². The van der Waals surface area contributed by atoms with Crippen molar-refractivity contribution in [2.75, 3.05) is 5.32 Å². The Morgan fingerprint density at radius 2 is 2.18 bits per heavy atom. The maximum Gasteiger partial charge on any atom is 0.352 e. The van der Waals surface area contributed by atoms with Crippen molar-refractivity contribution in [1.29, 1.82) is 0 Å². The second-order valence-corrected chi connectivity index (χ2v) is 5.33. The van der Waals surface area contributed by atoms with Gasteiger partial charge in [-0.1, -0.05) is 6.07 Å². The highest BCUT2D eigenvalue weighted by atomic mass is 19.3. The number of hydrogen-bond donors (Lipinski definition) is 2. The predicted molar refractivity (Wildman–Crippen MR) is 74.3 cm³/mol. The van der Waals surface area contributed by atoms with Crippen LogP contribution in [0.1, 0.15) is 19.3 Å². The van der Waals surface area contributed by atoms with Crippen LogP contribution in [0.2, 0.25) is 0 Å². The van der Waals surface area contributed by atoms with E-state index >= 15 is 0 Å². The number of amides is 1. The quantitative estimate of drug-likeness (QED) is 0.910. The molecule has 0 radical (unpaired) electrons. The summed E-state index contributed by atoms with van der Waals surface area (Å²) in [5.41, 5.74) is -1.51. The Balaban J connectivity index is 1.78. The largest absolute Gasteiger partial charge is 0.445 e. The molecule has 0 spiro atoms. The van der Waals surface area contributed by atoms with Crippen molar-refractivity contribution < 1.29 is 23.1 Å². The van der Waals surface area contributed by atoms with Gasteiger partial charge in [-0.05, 0) is 37.5 Å². The zero-order chi connectivity index (χ0) is 15.8. The van der Waals surface area contributed by atoms with Crippen molar-refractivity contribution in [1.82, 2.24) is 4.98 Å². The lowest BCUT2D eigenvalue weighted by atomic mass is 9.75. The number of nitrogens with zero attached hydrogens (tertiary/aromatic N) is 1. The Morgan fingerprint density at radius 3 is 2.77 bits per heavy atom. The Kier molecular flexibility index (Phi) is 3.44. The lowest BCUT2D eigenvalue weighted by Gasteiger charge is -2.41. The number of carbonyl (C=O) groups is 1. The molecule has 5 nitrogen and oxygen atoms in total. The zero-order valence-corrected chi connectivity index (χ0v) is 11.6. The van der Waals surface area contributed by atoms with Crippen molar-refractivity contribution in [3.8, 4) is 11.5 Å². The second-order valence-electron chi connectivity index (χ2n) is 5.33. The van der Waals surface area contributed by atoms with Gasteiger partial charge in [-0.15, -0.1) is 0 Å². The van der Waals surface area contributed by atoms with Crippen molar-refractivity contribution >= 4 is 11.6 Å². The number of anilines is 1. The van der Waals surface area contributed by atoms with Crippen molar-refractivity contribution in [3.63, 3.8) is 0 Å². The lowest BCUT2D eigenvalue weighted by Crippen LogP contribution is -2.59. The molecule has 1 aliphatic carbocycles. The molecule has 1 amide bonds. The number of aliphatic hydroxyl groups is 1. The molecule has 1 aromatic heterocycles. The van der Waals surface area contributed by atoms with Crippen LogP contribution in [-0.2, 0) is 4.79 Å². The summed E-state index contributed by atoms with van der Waals surface area (Å²) in [6, 6.07) is 6.22. The molecule has 116 valence electrons. The first-order valence-corrected chi connectivity index (χ1v) is 6.84. The minimum absolute atomic E-state index is 0.0796. The highest BCUT2D eigenvalue weighted by Crippen LogP contribution is 2.44. The van der Waals surface area contributed by atoms with Crippen molar-refractivity contribution in [2.24, 2.45) is 0 Å². The molecule has 2 aromatic rings. The van der Waals surface area contributed by atoms with E-state index in [1.807, 2.05) is 0 Å². The molecule has 1 saturated carbocycles. The number of hydrogen-bond acceptors (Lipinski definition) is 4. The van der Waals surface area contributed by atoms with Gasteiger partial charge in [-0.3, -0.25) is 4.79 Å². The summed E-state index contributed by atoms with van der Waals surface area (Å²) in [5.74, 6) is -5.02.